The van der Waals surface area contributed by atoms with Crippen molar-refractivity contribution in [2.24, 2.45) is 5.92 Å². The normalized spacial score (nSPS) is 13.1. The van der Waals surface area contributed by atoms with Gasteiger partial charge in [-0.15, -0.1) is 5.10 Å². The second-order valence-corrected chi connectivity index (χ2v) is 4.99. The van der Waals surface area contributed by atoms with Gasteiger partial charge in [-0.05, 0) is 19.3 Å². The highest BCUT2D eigenvalue weighted by atomic mass is 32.1. The Labute approximate surface area is 102 Å². The molecule has 0 spiro atoms. The van der Waals surface area contributed by atoms with E-state index >= 15 is 0 Å². The second kappa shape index (κ2) is 6.81. The molecule has 1 aromatic heterocycles. The van der Waals surface area contributed by atoms with Gasteiger partial charge < -0.3 is 10.1 Å². The molecule has 0 radical (unpaired) electrons. The van der Waals surface area contributed by atoms with E-state index in [4.69, 9.17) is 4.74 Å². The van der Waals surface area contributed by atoms with Gasteiger partial charge in [0.1, 0.15) is 10.7 Å². The molecule has 1 unspecified atom stereocenters. The van der Waals surface area contributed by atoms with E-state index in [2.05, 4.69) is 42.6 Å². The highest BCUT2D eigenvalue weighted by Gasteiger charge is 2.11. The molecule has 0 amide bonds. The Morgan fingerprint density at radius 3 is 2.75 bits per heavy atom. The predicted molar refractivity (Wildman–Crippen MR) is 67.8 cm³/mol. The fourth-order valence-corrected chi connectivity index (χ4v) is 1.67. The number of hydrogen-bond donors (Lipinski definition) is 1. The first kappa shape index (κ1) is 13.4. The van der Waals surface area contributed by atoms with Gasteiger partial charge in [0.25, 0.3) is 0 Å². The van der Waals surface area contributed by atoms with Crippen LogP contribution in [0.2, 0.25) is 0 Å². The average molecular weight is 243 g/mol. The first-order valence-corrected chi connectivity index (χ1v) is 6.59. The van der Waals surface area contributed by atoms with Crippen molar-refractivity contribution in [2.75, 3.05) is 11.9 Å². The van der Waals surface area contributed by atoms with E-state index in [0.717, 1.165) is 23.7 Å². The molecule has 5 heteroatoms. The summed E-state index contributed by atoms with van der Waals surface area (Å²) >= 11 is 1.40. The first-order chi connectivity index (χ1) is 7.65. The van der Waals surface area contributed by atoms with E-state index in [-0.39, 0.29) is 6.10 Å². The molecule has 0 bridgehead atoms. The SMILES string of the molecule is CCCNc1snnc1COC(C)C(C)C. The Morgan fingerprint density at radius 2 is 2.12 bits per heavy atom. The average Bonchev–Trinajstić information content (AvgIpc) is 2.70. The minimum Gasteiger partial charge on any atom is -0.374 e. The maximum absolute atomic E-state index is 5.73. The molecular weight excluding hydrogens is 222 g/mol. The summed E-state index contributed by atoms with van der Waals surface area (Å²) in [6.07, 6.45) is 1.35. The molecule has 92 valence electrons. The Morgan fingerprint density at radius 1 is 1.38 bits per heavy atom. The molecule has 0 saturated heterocycles. The van der Waals surface area contributed by atoms with Crippen molar-refractivity contribution in [2.45, 2.75) is 46.8 Å². The van der Waals surface area contributed by atoms with Crippen LogP contribution >= 0.6 is 11.5 Å². The van der Waals surface area contributed by atoms with Gasteiger partial charge in [-0.1, -0.05) is 25.3 Å². The summed E-state index contributed by atoms with van der Waals surface area (Å²) < 4.78 is 9.68. The monoisotopic (exact) mass is 243 g/mol. The maximum atomic E-state index is 5.73. The van der Waals surface area contributed by atoms with Crippen molar-refractivity contribution >= 4 is 16.5 Å². The molecule has 1 N–H and O–H groups in total. The smallest absolute Gasteiger partial charge is 0.135 e. The van der Waals surface area contributed by atoms with Gasteiger partial charge in [0.2, 0.25) is 0 Å². The third kappa shape index (κ3) is 4.06. The number of nitrogens with zero attached hydrogens (tertiary/aromatic N) is 2. The van der Waals surface area contributed by atoms with E-state index in [0.29, 0.717) is 12.5 Å². The molecule has 1 heterocycles. The van der Waals surface area contributed by atoms with Gasteiger partial charge in [0, 0.05) is 18.1 Å². The third-order valence-corrected chi connectivity index (χ3v) is 3.24. The molecule has 0 aliphatic carbocycles. The molecule has 4 nitrogen and oxygen atoms in total. The highest BCUT2D eigenvalue weighted by Crippen LogP contribution is 2.19. The topological polar surface area (TPSA) is 47.0 Å². The Hall–Kier alpha value is -0.680. The zero-order valence-corrected chi connectivity index (χ0v) is 11.3. The van der Waals surface area contributed by atoms with Crippen molar-refractivity contribution < 1.29 is 4.74 Å². The molecular formula is C11H21N3OS. The summed E-state index contributed by atoms with van der Waals surface area (Å²) in [5, 5.41) is 8.43. The minimum atomic E-state index is 0.251. The first-order valence-electron chi connectivity index (χ1n) is 5.81. The van der Waals surface area contributed by atoms with Crippen molar-refractivity contribution in [3.63, 3.8) is 0 Å². The van der Waals surface area contributed by atoms with Crippen LogP contribution in [0.1, 0.15) is 39.8 Å². The molecule has 1 atom stereocenters. The van der Waals surface area contributed by atoms with Crippen LogP contribution in [0.3, 0.4) is 0 Å². The van der Waals surface area contributed by atoms with Crippen LogP contribution in [0.25, 0.3) is 0 Å². The van der Waals surface area contributed by atoms with E-state index in [1.54, 1.807) is 0 Å². The lowest BCUT2D eigenvalue weighted by atomic mass is 10.1. The molecule has 0 aromatic carbocycles. The molecule has 0 aliphatic heterocycles. The Balaban J connectivity index is 2.44. The number of anilines is 1. The summed E-state index contributed by atoms with van der Waals surface area (Å²) in [6, 6.07) is 0. The lowest BCUT2D eigenvalue weighted by molar-refractivity contribution is 0.0221. The largest absolute Gasteiger partial charge is 0.374 e. The molecule has 0 aliphatic rings. The van der Waals surface area contributed by atoms with Crippen molar-refractivity contribution in [3.05, 3.63) is 5.69 Å². The number of hydrogen-bond acceptors (Lipinski definition) is 5. The van der Waals surface area contributed by atoms with E-state index < -0.39 is 0 Å². The predicted octanol–water partition coefficient (Wildman–Crippen LogP) is 2.92. The molecule has 1 rings (SSSR count). The van der Waals surface area contributed by atoms with Crippen LogP contribution in [0, 0.1) is 5.92 Å². The third-order valence-electron chi connectivity index (χ3n) is 2.51. The fourth-order valence-electron chi connectivity index (χ4n) is 1.08. The second-order valence-electron chi connectivity index (χ2n) is 4.24. The van der Waals surface area contributed by atoms with Crippen LogP contribution < -0.4 is 5.32 Å². The van der Waals surface area contributed by atoms with Gasteiger partial charge in [0.05, 0.1) is 12.7 Å². The fraction of sp³-hybridized carbons (Fsp3) is 0.818. The molecule has 0 fully saturated rings. The highest BCUT2D eigenvalue weighted by molar-refractivity contribution is 7.10. The summed E-state index contributed by atoms with van der Waals surface area (Å²) in [4.78, 5) is 0. The minimum absolute atomic E-state index is 0.251. The van der Waals surface area contributed by atoms with E-state index in [9.17, 15) is 0 Å². The standard InChI is InChI=1S/C11H21N3OS/c1-5-6-12-11-10(13-14-16-11)7-15-9(4)8(2)3/h8-9,12H,5-7H2,1-4H3. The van der Waals surface area contributed by atoms with Gasteiger partial charge in [-0.25, -0.2) is 0 Å². The van der Waals surface area contributed by atoms with Crippen molar-refractivity contribution in [3.8, 4) is 0 Å². The Bertz CT molecular complexity index is 301. The summed E-state index contributed by atoms with van der Waals surface area (Å²) in [5.74, 6) is 0.527. The summed E-state index contributed by atoms with van der Waals surface area (Å²) in [5.41, 5.74) is 0.922. The van der Waals surface area contributed by atoms with Crippen molar-refractivity contribution in [1.29, 1.82) is 0 Å². The van der Waals surface area contributed by atoms with Crippen LogP contribution in [-0.2, 0) is 11.3 Å². The van der Waals surface area contributed by atoms with Crippen LogP contribution in [0.15, 0.2) is 0 Å². The van der Waals surface area contributed by atoms with Crippen molar-refractivity contribution in [1.82, 2.24) is 9.59 Å². The van der Waals surface area contributed by atoms with Crippen LogP contribution in [0.4, 0.5) is 5.00 Å². The zero-order valence-electron chi connectivity index (χ0n) is 10.5. The number of aromatic nitrogens is 2. The van der Waals surface area contributed by atoms with E-state index in [1.165, 1.54) is 11.5 Å². The maximum Gasteiger partial charge on any atom is 0.135 e. The van der Waals surface area contributed by atoms with Crippen LogP contribution in [0.5, 0.6) is 0 Å². The van der Waals surface area contributed by atoms with Crippen LogP contribution in [-0.4, -0.2) is 22.2 Å². The Kier molecular flexibility index (Phi) is 5.69. The lowest BCUT2D eigenvalue weighted by Gasteiger charge is -2.15. The summed E-state index contributed by atoms with van der Waals surface area (Å²) in [6.45, 7) is 10.0. The molecule has 16 heavy (non-hydrogen) atoms. The van der Waals surface area contributed by atoms with Gasteiger partial charge >= 0.3 is 0 Å². The zero-order chi connectivity index (χ0) is 12.0. The van der Waals surface area contributed by atoms with Gasteiger partial charge in [-0.3, -0.25) is 0 Å². The van der Waals surface area contributed by atoms with Gasteiger partial charge in [-0.2, -0.15) is 0 Å². The lowest BCUT2D eigenvalue weighted by Crippen LogP contribution is -2.15. The number of nitrogens with one attached hydrogen (secondary N) is 1. The van der Waals surface area contributed by atoms with Gasteiger partial charge in [0.15, 0.2) is 0 Å². The molecule has 0 saturated carbocycles. The number of rotatable bonds is 7. The number of ether oxygens (including phenoxy) is 1. The quantitative estimate of drug-likeness (QED) is 0.800. The van der Waals surface area contributed by atoms with E-state index in [1.807, 2.05) is 0 Å². The summed E-state index contributed by atoms with van der Waals surface area (Å²) in [7, 11) is 0. The molecule has 1 aromatic rings.